The second-order valence-corrected chi connectivity index (χ2v) is 7.26. The van der Waals surface area contributed by atoms with Crippen molar-refractivity contribution in [3.63, 3.8) is 0 Å². The van der Waals surface area contributed by atoms with Gasteiger partial charge in [-0.2, -0.15) is 0 Å². The van der Waals surface area contributed by atoms with Crippen molar-refractivity contribution in [1.29, 1.82) is 0 Å². The monoisotopic (exact) mass is 437 g/mol. The fraction of sp³-hybridized carbons (Fsp3) is 0.143. The van der Waals surface area contributed by atoms with Crippen LogP contribution < -0.4 is 24.8 Å². The third kappa shape index (κ3) is 4.64. The highest BCUT2D eigenvalue weighted by Gasteiger charge is 2.13. The first-order valence-electron chi connectivity index (χ1n) is 9.20. The SMILES string of the molecule is COc1cc2ncnc(Oc3ccc(NC(=O)Nc4nc(C)cs4)cc3)c2cc1OC. The number of rotatable bonds is 6. The number of carbonyl (C=O) groups excluding carboxylic acids is 1. The van der Waals surface area contributed by atoms with Crippen LogP contribution in [-0.4, -0.2) is 35.2 Å². The molecule has 0 saturated heterocycles. The van der Waals surface area contributed by atoms with Crippen molar-refractivity contribution in [2.45, 2.75) is 6.92 Å². The maximum absolute atomic E-state index is 12.1. The van der Waals surface area contributed by atoms with Gasteiger partial charge < -0.3 is 19.5 Å². The number of aryl methyl sites for hydroxylation is 1. The molecule has 0 atom stereocenters. The minimum atomic E-state index is -0.370. The van der Waals surface area contributed by atoms with E-state index in [1.165, 1.54) is 17.7 Å². The Kier molecular flexibility index (Phi) is 5.80. The molecule has 0 radical (unpaired) electrons. The fourth-order valence-corrected chi connectivity index (χ4v) is 3.51. The van der Waals surface area contributed by atoms with Gasteiger partial charge in [0.2, 0.25) is 5.88 Å². The minimum Gasteiger partial charge on any atom is -0.493 e. The highest BCUT2D eigenvalue weighted by molar-refractivity contribution is 7.13. The van der Waals surface area contributed by atoms with Crippen LogP contribution in [0.3, 0.4) is 0 Å². The predicted octanol–water partition coefficient (Wildman–Crippen LogP) is 4.85. The Balaban J connectivity index is 1.48. The van der Waals surface area contributed by atoms with E-state index >= 15 is 0 Å². The molecule has 31 heavy (non-hydrogen) atoms. The Morgan fingerprint density at radius 2 is 1.74 bits per heavy atom. The van der Waals surface area contributed by atoms with Crippen LogP contribution in [0.25, 0.3) is 10.9 Å². The summed E-state index contributed by atoms with van der Waals surface area (Å²) in [5, 5.41) is 8.53. The summed E-state index contributed by atoms with van der Waals surface area (Å²) < 4.78 is 16.6. The van der Waals surface area contributed by atoms with E-state index in [-0.39, 0.29) is 6.03 Å². The third-order valence-electron chi connectivity index (χ3n) is 4.27. The molecular formula is C21H19N5O4S. The van der Waals surface area contributed by atoms with Crippen molar-refractivity contribution < 1.29 is 19.0 Å². The van der Waals surface area contributed by atoms with Crippen LogP contribution in [0, 0.1) is 6.92 Å². The molecule has 2 N–H and O–H groups in total. The van der Waals surface area contributed by atoms with E-state index in [1.807, 2.05) is 12.3 Å². The number of thiazole rings is 1. The second kappa shape index (κ2) is 8.84. The Morgan fingerprint density at radius 3 is 2.42 bits per heavy atom. The molecule has 0 aliphatic carbocycles. The number of urea groups is 1. The van der Waals surface area contributed by atoms with E-state index in [0.717, 1.165) is 5.69 Å². The molecule has 10 heteroatoms. The van der Waals surface area contributed by atoms with Crippen LogP contribution in [-0.2, 0) is 0 Å². The van der Waals surface area contributed by atoms with Gasteiger partial charge in [-0.3, -0.25) is 5.32 Å². The Morgan fingerprint density at radius 1 is 1.00 bits per heavy atom. The second-order valence-electron chi connectivity index (χ2n) is 6.40. The van der Waals surface area contributed by atoms with Gasteiger partial charge >= 0.3 is 6.03 Å². The van der Waals surface area contributed by atoms with E-state index in [2.05, 4.69) is 25.6 Å². The molecule has 0 saturated carbocycles. The van der Waals surface area contributed by atoms with Crippen LogP contribution >= 0.6 is 11.3 Å². The van der Waals surface area contributed by atoms with Gasteiger partial charge in [-0.15, -0.1) is 11.3 Å². The quantitative estimate of drug-likeness (QED) is 0.444. The lowest BCUT2D eigenvalue weighted by Gasteiger charge is -2.12. The summed E-state index contributed by atoms with van der Waals surface area (Å²) in [5.74, 6) is 2.05. The van der Waals surface area contributed by atoms with Crippen molar-refractivity contribution >= 4 is 39.1 Å². The lowest BCUT2D eigenvalue weighted by molar-refractivity contribution is 0.262. The largest absolute Gasteiger partial charge is 0.493 e. The number of fused-ring (bicyclic) bond motifs is 1. The van der Waals surface area contributed by atoms with Crippen molar-refractivity contribution in [2.24, 2.45) is 0 Å². The number of carbonyl (C=O) groups is 1. The summed E-state index contributed by atoms with van der Waals surface area (Å²) in [6.07, 6.45) is 1.42. The first kappa shape index (κ1) is 20.4. The molecule has 4 aromatic rings. The van der Waals surface area contributed by atoms with Gasteiger partial charge in [0.25, 0.3) is 0 Å². The third-order valence-corrected chi connectivity index (χ3v) is 5.15. The van der Waals surface area contributed by atoms with Crippen LogP contribution in [0.4, 0.5) is 15.6 Å². The zero-order valence-electron chi connectivity index (χ0n) is 17.0. The molecule has 9 nitrogen and oxygen atoms in total. The number of hydrogen-bond acceptors (Lipinski definition) is 8. The molecule has 0 fully saturated rings. The normalized spacial score (nSPS) is 10.5. The van der Waals surface area contributed by atoms with Gasteiger partial charge in [0.1, 0.15) is 12.1 Å². The molecule has 2 aromatic carbocycles. The molecule has 0 spiro atoms. The summed E-state index contributed by atoms with van der Waals surface area (Å²) in [4.78, 5) is 24.8. The molecule has 158 valence electrons. The summed E-state index contributed by atoms with van der Waals surface area (Å²) in [5.41, 5.74) is 2.13. The van der Waals surface area contributed by atoms with E-state index in [0.29, 0.717) is 44.9 Å². The molecule has 0 unspecified atom stereocenters. The van der Waals surface area contributed by atoms with Crippen molar-refractivity contribution in [2.75, 3.05) is 24.9 Å². The topological polar surface area (TPSA) is 107 Å². The van der Waals surface area contributed by atoms with Crippen molar-refractivity contribution in [1.82, 2.24) is 15.0 Å². The van der Waals surface area contributed by atoms with Gasteiger partial charge in [0, 0.05) is 17.1 Å². The zero-order valence-corrected chi connectivity index (χ0v) is 17.8. The molecule has 0 bridgehead atoms. The fourth-order valence-electron chi connectivity index (χ4n) is 2.83. The van der Waals surface area contributed by atoms with E-state index in [1.54, 1.807) is 50.6 Å². The molecule has 0 aliphatic heterocycles. The maximum atomic E-state index is 12.1. The first-order valence-corrected chi connectivity index (χ1v) is 10.1. The predicted molar refractivity (Wildman–Crippen MR) is 119 cm³/mol. The van der Waals surface area contributed by atoms with Crippen LogP contribution in [0.2, 0.25) is 0 Å². The first-order chi connectivity index (χ1) is 15.1. The van der Waals surface area contributed by atoms with Gasteiger partial charge in [0.05, 0.1) is 30.8 Å². The minimum absolute atomic E-state index is 0.370. The molecule has 4 rings (SSSR count). The summed E-state index contributed by atoms with van der Waals surface area (Å²) >= 11 is 1.37. The average Bonchev–Trinajstić information content (AvgIpc) is 3.18. The smallest absolute Gasteiger partial charge is 0.325 e. The summed E-state index contributed by atoms with van der Waals surface area (Å²) in [6, 6.07) is 10.1. The molecule has 0 aliphatic rings. The summed E-state index contributed by atoms with van der Waals surface area (Å²) in [6.45, 7) is 1.87. The van der Waals surface area contributed by atoms with Crippen molar-refractivity contribution in [3.8, 4) is 23.1 Å². The number of hydrogen-bond donors (Lipinski definition) is 2. The molecular weight excluding hydrogens is 418 g/mol. The highest BCUT2D eigenvalue weighted by atomic mass is 32.1. The Bertz CT molecular complexity index is 1230. The number of benzene rings is 2. The zero-order chi connectivity index (χ0) is 21.8. The van der Waals surface area contributed by atoms with Gasteiger partial charge in [-0.25, -0.2) is 19.7 Å². The van der Waals surface area contributed by atoms with Gasteiger partial charge in [-0.05, 0) is 37.3 Å². The lowest BCUT2D eigenvalue weighted by atomic mass is 10.2. The molecule has 2 aromatic heterocycles. The number of nitrogens with one attached hydrogen (secondary N) is 2. The number of anilines is 2. The Hall–Kier alpha value is -3.92. The molecule has 2 heterocycles. The van der Waals surface area contributed by atoms with Crippen LogP contribution in [0.1, 0.15) is 5.69 Å². The Labute approximate surface area is 182 Å². The van der Waals surface area contributed by atoms with Crippen LogP contribution in [0.5, 0.6) is 23.1 Å². The maximum Gasteiger partial charge on any atom is 0.325 e. The number of amides is 2. The number of methoxy groups -OCH3 is 2. The number of nitrogens with zero attached hydrogens (tertiary/aromatic N) is 3. The van der Waals surface area contributed by atoms with E-state index < -0.39 is 0 Å². The summed E-state index contributed by atoms with van der Waals surface area (Å²) in [7, 11) is 3.13. The van der Waals surface area contributed by atoms with Gasteiger partial charge in [0.15, 0.2) is 16.6 Å². The standard InChI is InChI=1S/C21H19N5O4S/c1-12-10-31-21(24-12)26-20(27)25-13-4-6-14(7-5-13)30-19-15-8-17(28-2)18(29-3)9-16(15)22-11-23-19/h4-11H,1-3H3,(H2,24,25,26,27). The van der Waals surface area contributed by atoms with E-state index in [4.69, 9.17) is 14.2 Å². The highest BCUT2D eigenvalue weighted by Crippen LogP contribution is 2.35. The van der Waals surface area contributed by atoms with Gasteiger partial charge in [-0.1, -0.05) is 0 Å². The van der Waals surface area contributed by atoms with Crippen LogP contribution in [0.15, 0.2) is 48.1 Å². The average molecular weight is 437 g/mol. The molecule has 2 amide bonds. The van der Waals surface area contributed by atoms with Crippen molar-refractivity contribution in [3.05, 3.63) is 53.8 Å². The van der Waals surface area contributed by atoms with E-state index in [9.17, 15) is 4.79 Å². The number of ether oxygens (including phenoxy) is 3. The lowest BCUT2D eigenvalue weighted by Crippen LogP contribution is -2.19. The number of aromatic nitrogens is 3.